The quantitative estimate of drug-likeness (QED) is 0.628. The summed E-state index contributed by atoms with van der Waals surface area (Å²) in [5, 5.41) is 0. The summed E-state index contributed by atoms with van der Waals surface area (Å²) in [5.41, 5.74) is 2.25. The Morgan fingerprint density at radius 1 is 1.25 bits per heavy atom. The van der Waals surface area contributed by atoms with E-state index in [4.69, 9.17) is 9.47 Å². The summed E-state index contributed by atoms with van der Waals surface area (Å²) >= 11 is 0. The van der Waals surface area contributed by atoms with Gasteiger partial charge in [0.1, 0.15) is 17.7 Å². The molecule has 2 aliphatic rings. The van der Waals surface area contributed by atoms with Crippen LogP contribution in [0.2, 0.25) is 0 Å². The van der Waals surface area contributed by atoms with Crippen LogP contribution in [0.1, 0.15) is 23.6 Å². The third kappa shape index (κ3) is 2.58. The molecule has 5 heteroatoms. The minimum absolute atomic E-state index is 0.0116. The molecule has 24 heavy (non-hydrogen) atoms. The van der Waals surface area contributed by atoms with E-state index in [-0.39, 0.29) is 23.3 Å². The normalized spacial score (nSPS) is 20.6. The van der Waals surface area contributed by atoms with Gasteiger partial charge in [0.25, 0.3) is 0 Å². The van der Waals surface area contributed by atoms with Gasteiger partial charge < -0.3 is 9.47 Å². The van der Waals surface area contributed by atoms with Gasteiger partial charge in [0.15, 0.2) is 5.70 Å². The highest BCUT2D eigenvalue weighted by molar-refractivity contribution is 6.12. The van der Waals surface area contributed by atoms with E-state index >= 15 is 0 Å². The molecular formula is C19H14FNO3. The lowest BCUT2D eigenvalue weighted by atomic mass is 10.1. The number of hydrogen-bond acceptors (Lipinski definition) is 4. The molecule has 0 aliphatic carbocycles. The fraction of sp³-hybridized carbons (Fsp3) is 0.158. The Kier molecular flexibility index (Phi) is 3.41. The van der Waals surface area contributed by atoms with E-state index < -0.39 is 11.8 Å². The number of nitrogens with zero attached hydrogens (tertiary/aromatic N) is 1. The average molecular weight is 323 g/mol. The molecular weight excluding hydrogens is 309 g/mol. The molecule has 4 rings (SSSR count). The summed E-state index contributed by atoms with van der Waals surface area (Å²) < 4.78 is 24.6. The van der Waals surface area contributed by atoms with E-state index in [9.17, 15) is 9.18 Å². The first-order valence-electron chi connectivity index (χ1n) is 7.67. The number of rotatable bonds is 2. The van der Waals surface area contributed by atoms with Crippen LogP contribution in [0.25, 0.3) is 6.08 Å². The summed E-state index contributed by atoms with van der Waals surface area (Å²) in [6.07, 6.45) is 2.63. The highest BCUT2D eigenvalue weighted by Crippen LogP contribution is 2.30. The van der Waals surface area contributed by atoms with Crippen molar-refractivity contribution < 1.29 is 18.7 Å². The molecule has 0 unspecified atom stereocenters. The third-order valence-corrected chi connectivity index (χ3v) is 3.95. The maximum atomic E-state index is 13.8. The Labute approximate surface area is 138 Å². The smallest absolute Gasteiger partial charge is 0.363 e. The summed E-state index contributed by atoms with van der Waals surface area (Å²) in [6.45, 7) is 2.01. The minimum atomic E-state index is -0.585. The van der Waals surface area contributed by atoms with Crippen LogP contribution in [0.5, 0.6) is 5.75 Å². The van der Waals surface area contributed by atoms with E-state index in [1.807, 2.05) is 25.1 Å². The van der Waals surface area contributed by atoms with Crippen molar-refractivity contribution in [2.75, 3.05) is 0 Å². The molecule has 2 aromatic carbocycles. The number of cyclic esters (lactones) is 1. The SMILES string of the molecule is C[C@@H]1Cc2cc(/C=C3\N=C(c4ccccc4F)OC3=O)ccc2O1. The summed E-state index contributed by atoms with van der Waals surface area (Å²) in [7, 11) is 0. The average Bonchev–Trinajstić information content (AvgIpc) is 3.09. The predicted octanol–water partition coefficient (Wildman–Crippen LogP) is 3.49. The lowest BCUT2D eigenvalue weighted by molar-refractivity contribution is -0.129. The molecule has 2 heterocycles. The Hall–Kier alpha value is -2.95. The van der Waals surface area contributed by atoms with Crippen molar-refractivity contribution in [3.05, 3.63) is 70.7 Å². The molecule has 4 nitrogen and oxygen atoms in total. The second kappa shape index (κ2) is 5.60. The van der Waals surface area contributed by atoms with Gasteiger partial charge in [-0.1, -0.05) is 18.2 Å². The lowest BCUT2D eigenvalue weighted by Gasteiger charge is -2.02. The molecule has 2 aliphatic heterocycles. The first kappa shape index (κ1) is 14.6. The molecule has 0 radical (unpaired) electrons. The van der Waals surface area contributed by atoms with E-state index in [1.165, 1.54) is 12.1 Å². The maximum absolute atomic E-state index is 13.8. The number of carbonyl (C=O) groups is 1. The zero-order chi connectivity index (χ0) is 16.7. The maximum Gasteiger partial charge on any atom is 0.363 e. The Balaban J connectivity index is 1.67. The highest BCUT2D eigenvalue weighted by Gasteiger charge is 2.26. The number of halogens is 1. The predicted molar refractivity (Wildman–Crippen MR) is 87.2 cm³/mol. The van der Waals surface area contributed by atoms with E-state index in [1.54, 1.807) is 18.2 Å². The topological polar surface area (TPSA) is 47.9 Å². The van der Waals surface area contributed by atoms with Gasteiger partial charge in [-0.3, -0.25) is 0 Å². The Bertz CT molecular complexity index is 901. The van der Waals surface area contributed by atoms with Gasteiger partial charge in [-0.25, -0.2) is 14.2 Å². The monoisotopic (exact) mass is 323 g/mol. The molecule has 0 fully saturated rings. The van der Waals surface area contributed by atoms with Crippen molar-refractivity contribution in [3.8, 4) is 5.75 Å². The number of esters is 1. The van der Waals surface area contributed by atoms with E-state index in [2.05, 4.69) is 4.99 Å². The number of ether oxygens (including phenoxy) is 2. The van der Waals surface area contributed by atoms with Crippen LogP contribution in [0.3, 0.4) is 0 Å². The third-order valence-electron chi connectivity index (χ3n) is 3.95. The largest absolute Gasteiger partial charge is 0.490 e. The fourth-order valence-electron chi connectivity index (χ4n) is 2.85. The van der Waals surface area contributed by atoms with Crippen molar-refractivity contribution in [3.63, 3.8) is 0 Å². The summed E-state index contributed by atoms with van der Waals surface area (Å²) in [6, 6.07) is 11.8. The molecule has 0 amide bonds. The second-order valence-electron chi connectivity index (χ2n) is 5.82. The summed E-state index contributed by atoms with van der Waals surface area (Å²) in [4.78, 5) is 16.1. The van der Waals surface area contributed by atoms with Crippen LogP contribution < -0.4 is 4.74 Å². The van der Waals surface area contributed by atoms with Crippen LogP contribution in [-0.2, 0) is 16.0 Å². The van der Waals surface area contributed by atoms with Crippen molar-refractivity contribution in [2.24, 2.45) is 4.99 Å². The molecule has 0 bridgehead atoms. The number of hydrogen-bond donors (Lipinski definition) is 0. The van der Waals surface area contributed by atoms with Gasteiger partial charge in [-0.05, 0) is 48.4 Å². The molecule has 0 saturated heterocycles. The van der Waals surface area contributed by atoms with Crippen molar-refractivity contribution in [2.45, 2.75) is 19.4 Å². The number of benzene rings is 2. The lowest BCUT2D eigenvalue weighted by Crippen LogP contribution is -2.07. The zero-order valence-electron chi connectivity index (χ0n) is 13.0. The first-order chi connectivity index (χ1) is 11.6. The first-order valence-corrected chi connectivity index (χ1v) is 7.67. The second-order valence-corrected chi connectivity index (χ2v) is 5.82. The zero-order valence-corrected chi connectivity index (χ0v) is 13.0. The van der Waals surface area contributed by atoms with Crippen LogP contribution in [0.15, 0.2) is 53.2 Å². The number of carbonyl (C=O) groups excluding carboxylic acids is 1. The Morgan fingerprint density at radius 3 is 2.92 bits per heavy atom. The van der Waals surface area contributed by atoms with Crippen molar-refractivity contribution in [1.82, 2.24) is 0 Å². The molecule has 0 saturated carbocycles. The Morgan fingerprint density at radius 2 is 2.08 bits per heavy atom. The molecule has 120 valence electrons. The van der Waals surface area contributed by atoms with Crippen LogP contribution in [0.4, 0.5) is 4.39 Å². The van der Waals surface area contributed by atoms with Gasteiger partial charge in [0, 0.05) is 6.42 Å². The summed E-state index contributed by atoms with van der Waals surface area (Å²) in [5.74, 6) is -0.205. The van der Waals surface area contributed by atoms with Crippen LogP contribution in [0, 0.1) is 5.82 Å². The van der Waals surface area contributed by atoms with Crippen molar-refractivity contribution in [1.29, 1.82) is 0 Å². The van der Waals surface area contributed by atoms with Crippen molar-refractivity contribution >= 4 is 17.9 Å². The van der Waals surface area contributed by atoms with E-state index in [0.29, 0.717) is 0 Å². The van der Waals surface area contributed by atoms with Gasteiger partial charge in [0.2, 0.25) is 5.90 Å². The molecule has 2 aromatic rings. The minimum Gasteiger partial charge on any atom is -0.490 e. The number of aliphatic imine (C=N–C) groups is 1. The van der Waals surface area contributed by atoms with Gasteiger partial charge in [-0.15, -0.1) is 0 Å². The van der Waals surface area contributed by atoms with E-state index in [0.717, 1.165) is 23.3 Å². The van der Waals surface area contributed by atoms with Crippen LogP contribution in [-0.4, -0.2) is 18.0 Å². The van der Waals surface area contributed by atoms with Gasteiger partial charge in [0.05, 0.1) is 5.56 Å². The highest BCUT2D eigenvalue weighted by atomic mass is 19.1. The molecule has 0 N–H and O–H groups in total. The standard InChI is InChI=1S/C19H14FNO3/c1-11-8-13-9-12(6-7-17(13)23-11)10-16-19(22)24-18(21-16)14-4-2-3-5-15(14)20/h2-7,9-11H,8H2,1H3/b16-10-/t11-/m1/s1. The number of fused-ring (bicyclic) bond motifs is 1. The van der Waals surface area contributed by atoms with Gasteiger partial charge >= 0.3 is 5.97 Å². The van der Waals surface area contributed by atoms with Crippen LogP contribution >= 0.6 is 0 Å². The fourth-order valence-corrected chi connectivity index (χ4v) is 2.85. The molecule has 0 aromatic heterocycles. The molecule has 1 atom stereocenters. The van der Waals surface area contributed by atoms with Gasteiger partial charge in [-0.2, -0.15) is 0 Å². The molecule has 0 spiro atoms.